The number of nitrogens with one attached hydrogen (secondary N) is 3. The van der Waals surface area contributed by atoms with Crippen LogP contribution in [-0.2, 0) is 0 Å². The molecule has 0 amide bonds. The molecule has 3 nitrogen and oxygen atoms in total. The van der Waals surface area contributed by atoms with E-state index in [2.05, 4.69) is 64.5 Å². The third-order valence-electron chi connectivity index (χ3n) is 5.41. The third kappa shape index (κ3) is 1.97. The summed E-state index contributed by atoms with van der Waals surface area (Å²) < 4.78 is 0. The van der Waals surface area contributed by atoms with E-state index in [1.807, 2.05) is 0 Å². The number of hydrogen-bond donors (Lipinski definition) is 3. The molecule has 3 aliphatic rings. The molecule has 0 spiro atoms. The lowest BCUT2D eigenvalue weighted by atomic mass is 9.80. The van der Waals surface area contributed by atoms with Crippen molar-refractivity contribution in [3.63, 3.8) is 0 Å². The first kappa shape index (κ1) is 12.7. The van der Waals surface area contributed by atoms with E-state index in [0.29, 0.717) is 24.0 Å². The summed E-state index contributed by atoms with van der Waals surface area (Å²) >= 11 is 0. The van der Waals surface area contributed by atoms with Gasteiger partial charge in [-0.15, -0.1) is 0 Å². The average molecular weight is 291 g/mol. The van der Waals surface area contributed by atoms with E-state index in [9.17, 15) is 0 Å². The van der Waals surface area contributed by atoms with Crippen molar-refractivity contribution < 1.29 is 0 Å². The van der Waals surface area contributed by atoms with Gasteiger partial charge >= 0.3 is 0 Å². The van der Waals surface area contributed by atoms with Crippen molar-refractivity contribution in [2.24, 2.45) is 5.92 Å². The van der Waals surface area contributed by atoms with Gasteiger partial charge < -0.3 is 16.0 Å². The second-order valence-electron chi connectivity index (χ2n) is 6.72. The molecule has 3 heteroatoms. The molecule has 2 fully saturated rings. The fraction of sp³-hybridized carbons (Fsp3) is 0.368. The zero-order valence-corrected chi connectivity index (χ0v) is 12.5. The Balaban J connectivity index is 1.51. The highest BCUT2D eigenvalue weighted by atomic mass is 15.1. The van der Waals surface area contributed by atoms with Gasteiger partial charge in [-0.3, -0.25) is 0 Å². The van der Waals surface area contributed by atoms with Crippen LogP contribution in [0.3, 0.4) is 0 Å². The molecule has 2 aromatic carbocycles. The van der Waals surface area contributed by atoms with E-state index in [4.69, 9.17) is 0 Å². The van der Waals surface area contributed by atoms with Gasteiger partial charge in [0, 0.05) is 30.2 Å². The Hall–Kier alpha value is -1.84. The van der Waals surface area contributed by atoms with Gasteiger partial charge in [-0.25, -0.2) is 0 Å². The zero-order valence-electron chi connectivity index (χ0n) is 12.5. The van der Waals surface area contributed by atoms with Gasteiger partial charge in [0.2, 0.25) is 0 Å². The summed E-state index contributed by atoms with van der Waals surface area (Å²) in [6.07, 6.45) is 1.24. The predicted molar refractivity (Wildman–Crippen MR) is 88.8 cm³/mol. The lowest BCUT2D eigenvalue weighted by molar-refractivity contribution is 0.391. The number of anilines is 1. The summed E-state index contributed by atoms with van der Waals surface area (Å²) in [4.78, 5) is 0. The van der Waals surface area contributed by atoms with Crippen LogP contribution in [0.4, 0.5) is 5.69 Å². The van der Waals surface area contributed by atoms with Gasteiger partial charge in [0.1, 0.15) is 0 Å². The molecule has 2 saturated heterocycles. The minimum absolute atomic E-state index is 0.413. The van der Waals surface area contributed by atoms with Gasteiger partial charge in [-0.2, -0.15) is 0 Å². The summed E-state index contributed by atoms with van der Waals surface area (Å²) in [5.41, 5.74) is 5.55. The zero-order chi connectivity index (χ0) is 14.5. The SMILES string of the molecule is c1ccc2c(c1)N[C@H](c1ccc([C@@H]3CN3)cc1)[C@@H]1CCN[C@H]21. The van der Waals surface area contributed by atoms with E-state index < -0.39 is 0 Å². The van der Waals surface area contributed by atoms with Crippen LogP contribution < -0.4 is 16.0 Å². The van der Waals surface area contributed by atoms with Crippen LogP contribution in [-0.4, -0.2) is 13.1 Å². The first-order chi connectivity index (χ1) is 10.9. The average Bonchev–Trinajstić information content (AvgIpc) is 3.31. The van der Waals surface area contributed by atoms with Crippen LogP contribution in [0.1, 0.15) is 41.2 Å². The molecule has 112 valence electrons. The monoisotopic (exact) mass is 291 g/mol. The van der Waals surface area contributed by atoms with Gasteiger partial charge in [0.15, 0.2) is 0 Å². The molecule has 0 saturated carbocycles. The van der Waals surface area contributed by atoms with Gasteiger partial charge in [-0.1, -0.05) is 42.5 Å². The Bertz CT molecular complexity index is 690. The molecule has 0 unspecified atom stereocenters. The normalized spacial score (nSPS) is 32.0. The highest BCUT2D eigenvalue weighted by Gasteiger charge is 2.40. The topological polar surface area (TPSA) is 46.0 Å². The standard InChI is InChI=1S/C19H21N3/c1-2-4-16-14(3-1)19-15(9-10-20-19)18(22-16)13-7-5-12(6-8-13)17-11-21-17/h1-8,15,17-22H,9-11H2/t15-,17-,18+,19+/m0/s1. The van der Waals surface area contributed by atoms with Crippen LogP contribution >= 0.6 is 0 Å². The number of para-hydroxylation sites is 1. The summed E-state index contributed by atoms with van der Waals surface area (Å²) in [5.74, 6) is 0.639. The maximum absolute atomic E-state index is 3.79. The maximum Gasteiger partial charge on any atom is 0.0560 e. The fourth-order valence-electron chi connectivity index (χ4n) is 4.16. The minimum atomic E-state index is 0.413. The molecule has 0 radical (unpaired) electrons. The van der Waals surface area contributed by atoms with Crippen LogP contribution in [0.25, 0.3) is 0 Å². The number of fused-ring (bicyclic) bond motifs is 3. The highest BCUT2D eigenvalue weighted by molar-refractivity contribution is 5.57. The van der Waals surface area contributed by atoms with Crippen molar-refractivity contribution in [2.75, 3.05) is 18.4 Å². The van der Waals surface area contributed by atoms with Crippen LogP contribution in [0.2, 0.25) is 0 Å². The lowest BCUT2D eigenvalue weighted by Gasteiger charge is -2.37. The summed E-state index contributed by atoms with van der Waals surface area (Å²) in [6.45, 7) is 2.24. The van der Waals surface area contributed by atoms with E-state index in [0.717, 1.165) is 13.1 Å². The first-order valence-corrected chi connectivity index (χ1v) is 8.32. The van der Waals surface area contributed by atoms with E-state index in [1.165, 1.54) is 28.8 Å². The molecular formula is C19H21N3. The number of benzene rings is 2. The predicted octanol–water partition coefficient (Wildman–Crippen LogP) is 3.15. The van der Waals surface area contributed by atoms with Crippen LogP contribution in [0.15, 0.2) is 48.5 Å². The maximum atomic E-state index is 3.79. The Morgan fingerprint density at radius 2 is 1.59 bits per heavy atom. The minimum Gasteiger partial charge on any atom is -0.378 e. The molecule has 3 heterocycles. The molecule has 2 aromatic rings. The molecule has 0 aliphatic carbocycles. The molecule has 3 N–H and O–H groups in total. The molecular weight excluding hydrogens is 270 g/mol. The molecule has 0 bridgehead atoms. The van der Waals surface area contributed by atoms with Crippen molar-refractivity contribution >= 4 is 5.69 Å². The van der Waals surface area contributed by atoms with Crippen molar-refractivity contribution in [1.29, 1.82) is 0 Å². The number of hydrogen-bond acceptors (Lipinski definition) is 3. The van der Waals surface area contributed by atoms with Crippen LogP contribution in [0, 0.1) is 5.92 Å². The smallest absolute Gasteiger partial charge is 0.0560 e. The largest absolute Gasteiger partial charge is 0.378 e. The second-order valence-corrected chi connectivity index (χ2v) is 6.72. The van der Waals surface area contributed by atoms with Crippen LogP contribution in [0.5, 0.6) is 0 Å². The molecule has 4 atom stereocenters. The van der Waals surface area contributed by atoms with Gasteiger partial charge in [0.25, 0.3) is 0 Å². The fourth-order valence-corrected chi connectivity index (χ4v) is 4.16. The van der Waals surface area contributed by atoms with Crippen molar-refractivity contribution in [2.45, 2.75) is 24.5 Å². The van der Waals surface area contributed by atoms with E-state index in [-0.39, 0.29) is 0 Å². The van der Waals surface area contributed by atoms with E-state index >= 15 is 0 Å². The van der Waals surface area contributed by atoms with E-state index in [1.54, 1.807) is 0 Å². The Kier molecular flexibility index (Phi) is 2.79. The highest BCUT2D eigenvalue weighted by Crippen LogP contribution is 2.47. The van der Waals surface area contributed by atoms with Gasteiger partial charge in [0.05, 0.1) is 6.04 Å². The summed E-state index contributed by atoms with van der Waals surface area (Å²) in [6, 6.07) is 19.5. The number of rotatable bonds is 2. The van der Waals surface area contributed by atoms with Crippen molar-refractivity contribution in [3.05, 3.63) is 65.2 Å². The molecule has 3 aliphatic heterocycles. The Morgan fingerprint density at radius 1 is 0.818 bits per heavy atom. The quantitative estimate of drug-likeness (QED) is 0.745. The first-order valence-electron chi connectivity index (χ1n) is 8.32. The second kappa shape index (κ2) is 4.83. The molecule has 5 rings (SSSR count). The molecule has 22 heavy (non-hydrogen) atoms. The van der Waals surface area contributed by atoms with Crippen molar-refractivity contribution in [3.8, 4) is 0 Å². The summed E-state index contributed by atoms with van der Waals surface area (Å²) in [7, 11) is 0. The lowest BCUT2D eigenvalue weighted by Crippen LogP contribution is -2.32. The van der Waals surface area contributed by atoms with Gasteiger partial charge in [-0.05, 0) is 35.7 Å². The summed E-state index contributed by atoms with van der Waals surface area (Å²) in [5, 5.41) is 10.9. The Labute approximate surface area is 131 Å². The third-order valence-corrected chi connectivity index (χ3v) is 5.41. The Morgan fingerprint density at radius 3 is 2.41 bits per heavy atom. The molecule has 0 aromatic heterocycles. The van der Waals surface area contributed by atoms with Crippen molar-refractivity contribution in [1.82, 2.24) is 10.6 Å².